The molecule has 0 radical (unpaired) electrons. The van der Waals surface area contributed by atoms with Crippen molar-refractivity contribution in [1.29, 1.82) is 0 Å². The minimum absolute atomic E-state index is 0.0636. The monoisotopic (exact) mass is 249 g/mol. The summed E-state index contributed by atoms with van der Waals surface area (Å²) in [6, 6.07) is 0. The summed E-state index contributed by atoms with van der Waals surface area (Å²) < 4.78 is 24.9. The molecule has 0 spiro atoms. The fourth-order valence-corrected chi connectivity index (χ4v) is 1.94. The van der Waals surface area contributed by atoms with Gasteiger partial charge in [0, 0.05) is 6.42 Å². The van der Waals surface area contributed by atoms with Crippen LogP contribution in [0.3, 0.4) is 0 Å². The first-order chi connectivity index (χ1) is 7.49. The summed E-state index contributed by atoms with van der Waals surface area (Å²) in [6.45, 7) is -0.0636. The van der Waals surface area contributed by atoms with Gasteiger partial charge in [0.1, 0.15) is 0 Å². The Bertz CT molecular complexity index is 428. The number of sulfonamides is 1. The van der Waals surface area contributed by atoms with E-state index in [0.717, 1.165) is 0 Å². The molecule has 9 nitrogen and oxygen atoms in total. The van der Waals surface area contributed by atoms with Crippen molar-refractivity contribution in [1.82, 2.24) is 25.3 Å². The number of tetrazole rings is 1. The molecule has 90 valence electrons. The highest BCUT2D eigenvalue weighted by Crippen LogP contribution is 1.95. The van der Waals surface area contributed by atoms with Crippen LogP contribution in [0.4, 0.5) is 0 Å². The predicted molar refractivity (Wildman–Crippen MR) is 51.7 cm³/mol. The van der Waals surface area contributed by atoms with Crippen molar-refractivity contribution in [2.75, 3.05) is 5.75 Å². The van der Waals surface area contributed by atoms with Crippen LogP contribution >= 0.6 is 0 Å². The minimum atomic E-state index is -3.49. The van der Waals surface area contributed by atoms with E-state index in [1.165, 1.54) is 0 Å². The van der Waals surface area contributed by atoms with E-state index in [2.05, 4.69) is 25.3 Å². The van der Waals surface area contributed by atoms with Gasteiger partial charge in [0.2, 0.25) is 10.0 Å². The second kappa shape index (κ2) is 5.51. The van der Waals surface area contributed by atoms with Crippen LogP contribution in [0.25, 0.3) is 0 Å². The molecule has 0 atom stereocenters. The standard InChI is InChI=1S/C6H11N5O4S/c12-6(13)2-1-3-16(14,15)7-4-5-8-10-11-9-5/h7H,1-4H2,(H,12,13)(H,8,9,10,11). The van der Waals surface area contributed by atoms with E-state index in [9.17, 15) is 13.2 Å². The zero-order valence-electron chi connectivity index (χ0n) is 8.25. The number of aromatic amines is 1. The van der Waals surface area contributed by atoms with Crippen molar-refractivity contribution in [3.63, 3.8) is 0 Å². The highest BCUT2D eigenvalue weighted by molar-refractivity contribution is 7.89. The van der Waals surface area contributed by atoms with Crippen LogP contribution < -0.4 is 4.72 Å². The van der Waals surface area contributed by atoms with E-state index in [1.807, 2.05) is 0 Å². The van der Waals surface area contributed by atoms with Crippen molar-refractivity contribution in [2.24, 2.45) is 0 Å². The van der Waals surface area contributed by atoms with E-state index in [1.54, 1.807) is 0 Å². The lowest BCUT2D eigenvalue weighted by Gasteiger charge is -2.02. The van der Waals surface area contributed by atoms with Crippen LogP contribution in [-0.2, 0) is 21.4 Å². The van der Waals surface area contributed by atoms with Crippen molar-refractivity contribution in [2.45, 2.75) is 19.4 Å². The Morgan fingerprint density at radius 1 is 1.50 bits per heavy atom. The van der Waals surface area contributed by atoms with E-state index in [4.69, 9.17) is 5.11 Å². The molecule has 1 aromatic rings. The van der Waals surface area contributed by atoms with Crippen molar-refractivity contribution < 1.29 is 18.3 Å². The summed E-state index contributed by atoms with van der Waals surface area (Å²) in [7, 11) is -3.49. The molecule has 0 bridgehead atoms. The number of aromatic nitrogens is 4. The fourth-order valence-electron chi connectivity index (χ4n) is 0.917. The second-order valence-electron chi connectivity index (χ2n) is 2.97. The highest BCUT2D eigenvalue weighted by atomic mass is 32.2. The third kappa shape index (κ3) is 4.79. The molecule has 1 rings (SSSR count). The number of nitrogens with one attached hydrogen (secondary N) is 2. The number of rotatable bonds is 7. The zero-order chi connectivity index (χ0) is 12.0. The van der Waals surface area contributed by atoms with Gasteiger partial charge in [-0.2, -0.15) is 5.21 Å². The van der Waals surface area contributed by atoms with Crippen LogP contribution in [0.2, 0.25) is 0 Å². The van der Waals surface area contributed by atoms with Gasteiger partial charge in [0.25, 0.3) is 0 Å². The number of carboxylic acid groups (broad SMARTS) is 1. The lowest BCUT2D eigenvalue weighted by atomic mass is 10.3. The normalized spacial score (nSPS) is 11.5. The molecule has 0 aromatic carbocycles. The maximum absolute atomic E-state index is 11.3. The van der Waals surface area contributed by atoms with Gasteiger partial charge in [-0.05, 0) is 6.42 Å². The first kappa shape index (κ1) is 12.5. The van der Waals surface area contributed by atoms with Crippen LogP contribution in [0.5, 0.6) is 0 Å². The number of carbonyl (C=O) groups is 1. The summed E-state index contributed by atoms with van der Waals surface area (Å²) >= 11 is 0. The van der Waals surface area contributed by atoms with Gasteiger partial charge in [-0.3, -0.25) is 4.79 Å². The van der Waals surface area contributed by atoms with Gasteiger partial charge in [-0.15, -0.1) is 10.2 Å². The van der Waals surface area contributed by atoms with Crippen LogP contribution in [0, 0.1) is 0 Å². The quantitative estimate of drug-likeness (QED) is 0.533. The first-order valence-corrected chi connectivity index (χ1v) is 6.06. The molecule has 0 aliphatic carbocycles. The largest absolute Gasteiger partial charge is 0.481 e. The van der Waals surface area contributed by atoms with E-state index in [0.29, 0.717) is 0 Å². The van der Waals surface area contributed by atoms with E-state index >= 15 is 0 Å². The van der Waals surface area contributed by atoms with Gasteiger partial charge in [0.05, 0.1) is 12.3 Å². The fraction of sp³-hybridized carbons (Fsp3) is 0.667. The average molecular weight is 249 g/mol. The topological polar surface area (TPSA) is 138 Å². The van der Waals surface area contributed by atoms with Crippen molar-refractivity contribution in [3.05, 3.63) is 5.82 Å². The molecule has 0 aliphatic heterocycles. The number of nitrogens with zero attached hydrogens (tertiary/aromatic N) is 3. The van der Waals surface area contributed by atoms with Gasteiger partial charge in [0.15, 0.2) is 5.82 Å². The molecule has 0 amide bonds. The second-order valence-corrected chi connectivity index (χ2v) is 4.89. The summed E-state index contributed by atoms with van der Waals surface area (Å²) in [4.78, 5) is 10.2. The number of carboxylic acids is 1. The Morgan fingerprint density at radius 3 is 2.81 bits per heavy atom. The smallest absolute Gasteiger partial charge is 0.303 e. The molecule has 0 saturated heterocycles. The minimum Gasteiger partial charge on any atom is -0.481 e. The Kier molecular flexibility index (Phi) is 4.31. The Hall–Kier alpha value is -1.55. The number of hydrogen-bond donors (Lipinski definition) is 3. The van der Waals surface area contributed by atoms with Crippen molar-refractivity contribution >= 4 is 16.0 Å². The molecule has 10 heteroatoms. The Labute approximate surface area is 91.3 Å². The number of H-pyrrole nitrogens is 1. The molecule has 0 aliphatic rings. The molecule has 0 fully saturated rings. The summed E-state index contributed by atoms with van der Waals surface area (Å²) in [5, 5.41) is 20.9. The third-order valence-electron chi connectivity index (χ3n) is 1.64. The maximum Gasteiger partial charge on any atom is 0.303 e. The number of hydrogen-bond acceptors (Lipinski definition) is 6. The summed E-state index contributed by atoms with van der Waals surface area (Å²) in [6.07, 6.45) is -0.111. The van der Waals surface area contributed by atoms with Gasteiger partial charge >= 0.3 is 5.97 Å². The zero-order valence-corrected chi connectivity index (χ0v) is 9.07. The van der Waals surface area contributed by atoms with Gasteiger partial charge in [-0.25, -0.2) is 13.1 Å². The molecular formula is C6H11N5O4S. The Morgan fingerprint density at radius 2 is 2.25 bits per heavy atom. The Balaban J connectivity index is 2.31. The molecule has 0 unspecified atom stereocenters. The summed E-state index contributed by atoms with van der Waals surface area (Å²) in [5.74, 6) is -1.04. The first-order valence-electron chi connectivity index (χ1n) is 4.41. The molecule has 0 saturated carbocycles. The average Bonchev–Trinajstić information content (AvgIpc) is 2.66. The molecule has 3 N–H and O–H groups in total. The molecule has 1 aromatic heterocycles. The highest BCUT2D eigenvalue weighted by Gasteiger charge is 2.12. The third-order valence-corrected chi connectivity index (χ3v) is 3.05. The molecule has 16 heavy (non-hydrogen) atoms. The van der Waals surface area contributed by atoms with E-state index < -0.39 is 16.0 Å². The van der Waals surface area contributed by atoms with Gasteiger partial charge in [-0.1, -0.05) is 5.21 Å². The predicted octanol–water partition coefficient (Wildman–Crippen LogP) is -1.52. The van der Waals surface area contributed by atoms with Crippen molar-refractivity contribution in [3.8, 4) is 0 Å². The van der Waals surface area contributed by atoms with Crippen LogP contribution in [0.15, 0.2) is 0 Å². The molecular weight excluding hydrogens is 238 g/mol. The maximum atomic E-state index is 11.3. The SMILES string of the molecule is O=C(O)CCCS(=O)(=O)NCc1nn[nH]n1. The van der Waals surface area contributed by atoms with Crippen LogP contribution in [0.1, 0.15) is 18.7 Å². The van der Waals surface area contributed by atoms with E-state index in [-0.39, 0.29) is 31.0 Å². The van der Waals surface area contributed by atoms with Gasteiger partial charge < -0.3 is 5.11 Å². The lowest BCUT2D eigenvalue weighted by Crippen LogP contribution is -2.26. The van der Waals surface area contributed by atoms with Crippen LogP contribution in [-0.4, -0.2) is 45.9 Å². The lowest BCUT2D eigenvalue weighted by molar-refractivity contribution is -0.137. The summed E-state index contributed by atoms with van der Waals surface area (Å²) in [5.41, 5.74) is 0. The molecule has 1 heterocycles. The number of aliphatic carboxylic acids is 1.